The lowest BCUT2D eigenvalue weighted by molar-refractivity contribution is 0.0950. The molecule has 134 valence electrons. The first-order valence-electron chi connectivity index (χ1n) is 7.99. The third kappa shape index (κ3) is 5.31. The van der Waals surface area contributed by atoms with Crippen molar-refractivity contribution in [2.45, 2.75) is 13.1 Å². The highest BCUT2D eigenvalue weighted by molar-refractivity contribution is 5.94. The monoisotopic (exact) mass is 369 g/mol. The van der Waals surface area contributed by atoms with E-state index in [1.165, 1.54) is 0 Å². The number of nitrogens with one attached hydrogen (secondary N) is 1. The van der Waals surface area contributed by atoms with E-state index in [2.05, 4.69) is 10.3 Å². The molecule has 3 rings (SSSR count). The van der Waals surface area contributed by atoms with E-state index in [0.29, 0.717) is 30.3 Å². The summed E-state index contributed by atoms with van der Waals surface area (Å²) in [6, 6.07) is 20.4. The lowest BCUT2D eigenvalue weighted by Gasteiger charge is -2.09. The van der Waals surface area contributed by atoms with Crippen LogP contribution < -0.4 is 15.8 Å². The molecule has 0 aliphatic rings. The highest BCUT2D eigenvalue weighted by atomic mass is 35.5. The Bertz CT molecular complexity index is 856. The summed E-state index contributed by atoms with van der Waals surface area (Å²) in [5.74, 6) is 0.844. The van der Waals surface area contributed by atoms with Crippen LogP contribution in [0.2, 0.25) is 0 Å². The molecule has 1 aromatic heterocycles. The quantitative estimate of drug-likeness (QED) is 0.694. The number of nitrogens with zero attached hydrogens (tertiary/aromatic N) is 1. The van der Waals surface area contributed by atoms with Crippen molar-refractivity contribution in [3.05, 3.63) is 89.6 Å². The molecule has 0 fully saturated rings. The van der Waals surface area contributed by atoms with Crippen molar-refractivity contribution in [3.8, 4) is 11.6 Å². The van der Waals surface area contributed by atoms with Crippen molar-refractivity contribution in [1.29, 1.82) is 0 Å². The lowest BCUT2D eigenvalue weighted by Crippen LogP contribution is -2.22. The first-order valence-corrected chi connectivity index (χ1v) is 7.99. The van der Waals surface area contributed by atoms with Gasteiger partial charge in [-0.2, -0.15) is 0 Å². The van der Waals surface area contributed by atoms with Gasteiger partial charge in [0, 0.05) is 30.9 Å². The number of amides is 1. The van der Waals surface area contributed by atoms with Crippen LogP contribution in [0.3, 0.4) is 0 Å². The summed E-state index contributed by atoms with van der Waals surface area (Å²) >= 11 is 0. The number of ether oxygens (including phenoxy) is 1. The highest BCUT2D eigenvalue weighted by Gasteiger charge is 2.08. The van der Waals surface area contributed by atoms with E-state index >= 15 is 0 Å². The molecule has 3 aromatic rings. The van der Waals surface area contributed by atoms with Gasteiger partial charge in [0.05, 0.1) is 0 Å². The minimum absolute atomic E-state index is 0. The molecule has 1 heterocycles. The molecule has 5 nitrogen and oxygen atoms in total. The van der Waals surface area contributed by atoms with Crippen LogP contribution in [0.4, 0.5) is 0 Å². The Hall–Kier alpha value is -2.89. The summed E-state index contributed by atoms with van der Waals surface area (Å²) in [4.78, 5) is 16.5. The third-order valence-electron chi connectivity index (χ3n) is 3.65. The number of carbonyl (C=O) groups excluding carboxylic acids is 1. The number of aromatic nitrogens is 1. The average Bonchev–Trinajstić information content (AvgIpc) is 2.67. The van der Waals surface area contributed by atoms with Gasteiger partial charge in [0.2, 0.25) is 5.88 Å². The summed E-state index contributed by atoms with van der Waals surface area (Å²) in [7, 11) is 0. The van der Waals surface area contributed by atoms with Crippen LogP contribution in [0.5, 0.6) is 11.6 Å². The van der Waals surface area contributed by atoms with Crippen molar-refractivity contribution in [3.63, 3.8) is 0 Å². The molecule has 0 spiro atoms. The molecule has 0 radical (unpaired) electrons. The average molecular weight is 370 g/mol. The molecule has 6 heteroatoms. The van der Waals surface area contributed by atoms with Crippen molar-refractivity contribution in [2.24, 2.45) is 5.73 Å². The fraction of sp³-hybridized carbons (Fsp3) is 0.100. The highest BCUT2D eigenvalue weighted by Crippen LogP contribution is 2.21. The second kappa shape index (κ2) is 9.56. The van der Waals surface area contributed by atoms with Crippen molar-refractivity contribution < 1.29 is 9.53 Å². The number of hydrogen-bond donors (Lipinski definition) is 2. The zero-order valence-electron chi connectivity index (χ0n) is 14.1. The topological polar surface area (TPSA) is 77.2 Å². The molecule has 2 aromatic carbocycles. The molecular weight excluding hydrogens is 350 g/mol. The predicted molar refractivity (Wildman–Crippen MR) is 104 cm³/mol. The molecule has 0 unspecified atom stereocenters. The summed E-state index contributed by atoms with van der Waals surface area (Å²) in [6.45, 7) is 0.895. The maximum Gasteiger partial charge on any atom is 0.251 e. The van der Waals surface area contributed by atoms with Gasteiger partial charge in [-0.25, -0.2) is 4.98 Å². The SMILES string of the molecule is Cl.NCc1ccnc(Oc2cccc(C(=O)NCc3ccccc3)c2)c1. The summed E-state index contributed by atoms with van der Waals surface area (Å²) in [5.41, 5.74) is 8.13. The summed E-state index contributed by atoms with van der Waals surface area (Å²) in [6.07, 6.45) is 1.65. The minimum atomic E-state index is -0.155. The van der Waals surface area contributed by atoms with Crippen molar-refractivity contribution in [1.82, 2.24) is 10.3 Å². The van der Waals surface area contributed by atoms with E-state index in [0.717, 1.165) is 11.1 Å². The molecule has 3 N–H and O–H groups in total. The molecule has 26 heavy (non-hydrogen) atoms. The van der Waals surface area contributed by atoms with Gasteiger partial charge in [0.15, 0.2) is 0 Å². The third-order valence-corrected chi connectivity index (χ3v) is 3.65. The van der Waals surface area contributed by atoms with E-state index < -0.39 is 0 Å². The van der Waals surface area contributed by atoms with E-state index in [1.807, 2.05) is 36.4 Å². The Morgan fingerprint density at radius 3 is 2.58 bits per heavy atom. The normalized spacial score (nSPS) is 9.88. The Labute approximate surface area is 158 Å². The van der Waals surface area contributed by atoms with E-state index in [-0.39, 0.29) is 18.3 Å². The first kappa shape index (κ1) is 19.4. The maximum atomic E-state index is 12.3. The number of halogens is 1. The number of pyridine rings is 1. The molecule has 0 saturated carbocycles. The number of nitrogens with two attached hydrogens (primary N) is 1. The fourth-order valence-electron chi connectivity index (χ4n) is 2.34. The van der Waals surface area contributed by atoms with E-state index in [9.17, 15) is 4.79 Å². The van der Waals surface area contributed by atoms with Crippen LogP contribution in [0.15, 0.2) is 72.9 Å². The number of hydrogen-bond acceptors (Lipinski definition) is 4. The number of benzene rings is 2. The van der Waals surface area contributed by atoms with Crippen LogP contribution >= 0.6 is 12.4 Å². The molecule has 1 amide bonds. The second-order valence-corrected chi connectivity index (χ2v) is 5.50. The second-order valence-electron chi connectivity index (χ2n) is 5.50. The van der Waals surface area contributed by atoms with Gasteiger partial charge in [-0.05, 0) is 35.4 Å². The summed E-state index contributed by atoms with van der Waals surface area (Å²) in [5, 5.41) is 2.90. The van der Waals surface area contributed by atoms with Crippen LogP contribution in [-0.4, -0.2) is 10.9 Å². The Morgan fingerprint density at radius 1 is 1.00 bits per heavy atom. The molecule has 0 bridgehead atoms. The number of carbonyl (C=O) groups is 1. The van der Waals surface area contributed by atoms with Crippen LogP contribution in [0.1, 0.15) is 21.5 Å². The van der Waals surface area contributed by atoms with Gasteiger partial charge >= 0.3 is 0 Å². The van der Waals surface area contributed by atoms with Crippen LogP contribution in [-0.2, 0) is 13.1 Å². The molecule has 0 aliphatic carbocycles. The van der Waals surface area contributed by atoms with E-state index in [4.69, 9.17) is 10.5 Å². The minimum Gasteiger partial charge on any atom is -0.439 e. The molecular formula is C20H20ClN3O2. The standard InChI is InChI=1S/C20H19N3O2.ClH/c21-13-16-9-10-22-19(11-16)25-18-8-4-7-17(12-18)20(24)23-14-15-5-2-1-3-6-15;/h1-12H,13-14,21H2,(H,23,24);1H. The van der Waals surface area contributed by atoms with E-state index in [1.54, 1.807) is 36.5 Å². The van der Waals surface area contributed by atoms with Crippen molar-refractivity contribution in [2.75, 3.05) is 0 Å². The molecule has 0 aliphatic heterocycles. The van der Waals surface area contributed by atoms with Gasteiger partial charge in [-0.15, -0.1) is 12.4 Å². The van der Waals surface area contributed by atoms with Gasteiger partial charge in [0.25, 0.3) is 5.91 Å². The Morgan fingerprint density at radius 2 is 1.81 bits per heavy atom. The lowest BCUT2D eigenvalue weighted by atomic mass is 10.2. The zero-order chi connectivity index (χ0) is 17.5. The Kier molecular flexibility index (Phi) is 7.14. The van der Waals surface area contributed by atoms with Crippen LogP contribution in [0, 0.1) is 0 Å². The van der Waals surface area contributed by atoms with Gasteiger partial charge in [0.1, 0.15) is 5.75 Å². The molecule has 0 atom stereocenters. The summed E-state index contributed by atoms with van der Waals surface area (Å²) < 4.78 is 5.73. The Balaban J connectivity index is 0.00000243. The predicted octanol–water partition coefficient (Wildman–Crippen LogP) is 3.68. The van der Waals surface area contributed by atoms with Crippen LogP contribution in [0.25, 0.3) is 0 Å². The van der Waals surface area contributed by atoms with Gasteiger partial charge in [-0.1, -0.05) is 36.4 Å². The number of rotatable bonds is 6. The maximum absolute atomic E-state index is 12.3. The van der Waals surface area contributed by atoms with Gasteiger partial charge < -0.3 is 15.8 Å². The smallest absolute Gasteiger partial charge is 0.251 e. The fourth-order valence-corrected chi connectivity index (χ4v) is 2.34. The molecule has 0 saturated heterocycles. The van der Waals surface area contributed by atoms with Crippen molar-refractivity contribution >= 4 is 18.3 Å². The first-order chi connectivity index (χ1) is 12.2. The zero-order valence-corrected chi connectivity index (χ0v) is 14.9. The van der Waals surface area contributed by atoms with Gasteiger partial charge in [-0.3, -0.25) is 4.79 Å². The largest absolute Gasteiger partial charge is 0.439 e.